The van der Waals surface area contributed by atoms with Crippen molar-refractivity contribution in [2.45, 2.75) is 51.4 Å². The summed E-state index contributed by atoms with van der Waals surface area (Å²) in [5.74, 6) is -3.27. The van der Waals surface area contributed by atoms with Crippen molar-refractivity contribution < 1.29 is 22.7 Å². The van der Waals surface area contributed by atoms with E-state index in [-0.39, 0.29) is 6.10 Å². The van der Waals surface area contributed by atoms with Gasteiger partial charge in [-0.25, -0.2) is 18.0 Å². The molecule has 24 heavy (non-hydrogen) atoms. The molecule has 2 bridgehead atoms. The van der Waals surface area contributed by atoms with Crippen molar-refractivity contribution in [2.75, 3.05) is 5.32 Å². The number of hydrogen-bond donors (Lipinski definition) is 2. The zero-order valence-electron chi connectivity index (χ0n) is 13.7. The summed E-state index contributed by atoms with van der Waals surface area (Å²) in [6.45, 7) is 3.97. The molecule has 132 valence electrons. The standard InChI is InChI=1S/C17H21F3N2O2/c1-9-5-10-7-11(6-9)24-17(2,8-10)22-16(23)21-13-4-3-12(18)14(19)15(13)20/h3-4,9-11H,5-8H2,1-2H3,(H2,21,22,23)/t9?,10-,11-,17?/m0/s1. The average molecular weight is 342 g/mol. The SMILES string of the molecule is CC1C[C@H]2C[C@H](C1)OC(C)(NC(=O)Nc1ccc(F)c(F)c1F)C2. The van der Waals surface area contributed by atoms with Crippen molar-refractivity contribution in [3.8, 4) is 0 Å². The van der Waals surface area contributed by atoms with E-state index >= 15 is 0 Å². The minimum Gasteiger partial charge on any atom is -0.353 e. The molecule has 0 radical (unpaired) electrons. The Kier molecular flexibility index (Phi) is 4.46. The van der Waals surface area contributed by atoms with Gasteiger partial charge in [0.1, 0.15) is 5.72 Å². The van der Waals surface area contributed by atoms with E-state index in [1.807, 2.05) is 0 Å². The normalized spacial score (nSPS) is 32.3. The Hall–Kier alpha value is -1.76. The van der Waals surface area contributed by atoms with E-state index < -0.39 is 34.9 Å². The highest BCUT2D eigenvalue weighted by molar-refractivity contribution is 5.89. The number of ether oxygens (including phenoxy) is 1. The molecule has 1 aliphatic heterocycles. The number of rotatable bonds is 2. The van der Waals surface area contributed by atoms with Crippen LogP contribution in [0, 0.1) is 29.3 Å². The summed E-state index contributed by atoms with van der Waals surface area (Å²) >= 11 is 0. The summed E-state index contributed by atoms with van der Waals surface area (Å²) < 4.78 is 45.8. The Morgan fingerprint density at radius 2 is 1.96 bits per heavy atom. The van der Waals surface area contributed by atoms with Crippen LogP contribution in [0.5, 0.6) is 0 Å². The lowest BCUT2D eigenvalue weighted by Crippen LogP contribution is -2.56. The Morgan fingerprint density at radius 1 is 1.21 bits per heavy atom. The number of benzene rings is 1. The van der Waals surface area contributed by atoms with Crippen LogP contribution in [-0.2, 0) is 4.74 Å². The summed E-state index contributed by atoms with van der Waals surface area (Å²) in [6.07, 6.45) is 3.80. The molecule has 1 aromatic carbocycles. The van der Waals surface area contributed by atoms with E-state index in [0.29, 0.717) is 18.3 Å². The third-order valence-electron chi connectivity index (χ3n) is 4.76. The number of hydrogen-bond acceptors (Lipinski definition) is 2. The highest BCUT2D eigenvalue weighted by Gasteiger charge is 2.42. The maximum absolute atomic E-state index is 13.6. The smallest absolute Gasteiger partial charge is 0.321 e. The molecule has 2 unspecified atom stereocenters. The summed E-state index contributed by atoms with van der Waals surface area (Å²) in [4.78, 5) is 12.1. The van der Waals surface area contributed by atoms with Gasteiger partial charge >= 0.3 is 6.03 Å². The van der Waals surface area contributed by atoms with Crippen molar-refractivity contribution in [1.29, 1.82) is 0 Å². The van der Waals surface area contributed by atoms with Crippen LogP contribution >= 0.6 is 0 Å². The van der Waals surface area contributed by atoms with Crippen LogP contribution in [-0.4, -0.2) is 17.9 Å². The first-order valence-electron chi connectivity index (χ1n) is 8.16. The second kappa shape index (κ2) is 6.27. The number of fused-ring (bicyclic) bond motifs is 2. The second-order valence-electron chi connectivity index (χ2n) is 7.16. The predicted molar refractivity (Wildman–Crippen MR) is 82.9 cm³/mol. The number of urea groups is 1. The monoisotopic (exact) mass is 342 g/mol. The zero-order chi connectivity index (χ0) is 17.5. The molecule has 2 aliphatic rings. The number of amides is 2. The van der Waals surface area contributed by atoms with Gasteiger partial charge in [0.05, 0.1) is 11.8 Å². The van der Waals surface area contributed by atoms with Crippen LogP contribution in [0.1, 0.15) is 39.5 Å². The second-order valence-corrected chi connectivity index (χ2v) is 7.16. The number of nitrogens with one attached hydrogen (secondary N) is 2. The Balaban J connectivity index is 1.66. The highest BCUT2D eigenvalue weighted by atomic mass is 19.2. The van der Waals surface area contributed by atoms with Gasteiger partial charge in [0, 0.05) is 0 Å². The van der Waals surface area contributed by atoms with Crippen molar-refractivity contribution in [2.24, 2.45) is 11.8 Å². The molecule has 4 atom stereocenters. The van der Waals surface area contributed by atoms with Crippen LogP contribution in [0.15, 0.2) is 12.1 Å². The first-order chi connectivity index (χ1) is 11.3. The molecule has 1 saturated heterocycles. The third kappa shape index (κ3) is 3.50. The van der Waals surface area contributed by atoms with E-state index in [2.05, 4.69) is 17.6 Å². The molecular weight excluding hydrogens is 321 g/mol. The third-order valence-corrected chi connectivity index (χ3v) is 4.76. The van der Waals surface area contributed by atoms with Crippen LogP contribution in [0.25, 0.3) is 0 Å². The Labute approximate surface area is 138 Å². The fraction of sp³-hybridized carbons (Fsp3) is 0.588. The zero-order valence-corrected chi connectivity index (χ0v) is 13.7. The number of carbonyl (C=O) groups is 1. The van der Waals surface area contributed by atoms with Crippen LogP contribution < -0.4 is 10.6 Å². The van der Waals surface area contributed by atoms with Crippen LogP contribution in [0.4, 0.5) is 23.7 Å². The Bertz CT molecular complexity index is 635. The number of anilines is 1. The summed E-state index contributed by atoms with van der Waals surface area (Å²) in [6, 6.07) is 1.03. The molecule has 1 saturated carbocycles. The van der Waals surface area contributed by atoms with Gasteiger partial charge < -0.3 is 15.4 Å². The fourth-order valence-corrected chi connectivity index (χ4v) is 4.00. The molecule has 2 fully saturated rings. The van der Waals surface area contributed by atoms with Crippen molar-refractivity contribution in [1.82, 2.24) is 5.32 Å². The minimum absolute atomic E-state index is 0.0952. The minimum atomic E-state index is -1.61. The maximum Gasteiger partial charge on any atom is 0.321 e. The van der Waals surface area contributed by atoms with Gasteiger partial charge in [-0.3, -0.25) is 0 Å². The number of carbonyl (C=O) groups excluding carboxylic acids is 1. The van der Waals surface area contributed by atoms with E-state index in [1.165, 1.54) is 0 Å². The summed E-state index contributed by atoms with van der Waals surface area (Å²) in [7, 11) is 0. The topological polar surface area (TPSA) is 50.4 Å². The van der Waals surface area contributed by atoms with E-state index in [9.17, 15) is 18.0 Å². The molecular formula is C17H21F3N2O2. The van der Waals surface area contributed by atoms with E-state index in [4.69, 9.17) is 4.74 Å². The molecule has 3 rings (SSSR count). The van der Waals surface area contributed by atoms with Gasteiger partial charge in [0.2, 0.25) is 0 Å². The largest absolute Gasteiger partial charge is 0.353 e. The predicted octanol–water partition coefficient (Wildman–Crippen LogP) is 4.17. The average Bonchev–Trinajstić information content (AvgIpc) is 2.45. The lowest BCUT2D eigenvalue weighted by atomic mass is 9.75. The van der Waals surface area contributed by atoms with Gasteiger partial charge in [-0.2, -0.15) is 0 Å². The van der Waals surface area contributed by atoms with Gasteiger partial charge in [-0.1, -0.05) is 6.92 Å². The van der Waals surface area contributed by atoms with E-state index in [0.717, 1.165) is 31.4 Å². The molecule has 2 N–H and O–H groups in total. The lowest BCUT2D eigenvalue weighted by molar-refractivity contribution is -0.168. The summed E-state index contributed by atoms with van der Waals surface area (Å²) in [5.41, 5.74) is -1.27. The van der Waals surface area contributed by atoms with Crippen molar-refractivity contribution in [3.63, 3.8) is 0 Å². The lowest BCUT2D eigenvalue weighted by Gasteiger charge is -2.47. The van der Waals surface area contributed by atoms with Crippen LogP contribution in [0.2, 0.25) is 0 Å². The maximum atomic E-state index is 13.6. The first kappa shape index (κ1) is 17.1. The highest BCUT2D eigenvalue weighted by Crippen LogP contribution is 2.41. The summed E-state index contributed by atoms with van der Waals surface area (Å²) in [5, 5.41) is 4.91. The molecule has 4 nitrogen and oxygen atoms in total. The Morgan fingerprint density at radius 3 is 2.67 bits per heavy atom. The van der Waals surface area contributed by atoms with Gasteiger partial charge in [-0.15, -0.1) is 0 Å². The molecule has 0 aromatic heterocycles. The molecule has 2 amide bonds. The number of halogens is 3. The first-order valence-corrected chi connectivity index (χ1v) is 8.16. The van der Waals surface area contributed by atoms with Gasteiger partial charge in [0.15, 0.2) is 17.5 Å². The molecule has 1 aliphatic carbocycles. The van der Waals surface area contributed by atoms with Crippen molar-refractivity contribution in [3.05, 3.63) is 29.6 Å². The van der Waals surface area contributed by atoms with Crippen LogP contribution in [0.3, 0.4) is 0 Å². The molecule has 7 heteroatoms. The van der Waals surface area contributed by atoms with Gasteiger partial charge in [-0.05, 0) is 56.6 Å². The molecule has 0 spiro atoms. The van der Waals surface area contributed by atoms with Crippen molar-refractivity contribution >= 4 is 11.7 Å². The quantitative estimate of drug-likeness (QED) is 0.793. The van der Waals surface area contributed by atoms with E-state index in [1.54, 1.807) is 6.92 Å². The van der Waals surface area contributed by atoms with Gasteiger partial charge in [0.25, 0.3) is 0 Å². The molecule has 1 aromatic rings. The fourth-order valence-electron chi connectivity index (χ4n) is 4.00. The molecule has 1 heterocycles.